The highest BCUT2D eigenvalue weighted by atomic mass is 32.2. The van der Waals surface area contributed by atoms with Gasteiger partial charge in [-0.3, -0.25) is 14.4 Å². The van der Waals surface area contributed by atoms with Gasteiger partial charge in [0.2, 0.25) is 11.8 Å². The van der Waals surface area contributed by atoms with Gasteiger partial charge in [0.1, 0.15) is 6.54 Å². The molecular weight excluding hydrogens is 356 g/mol. The number of rotatable bonds is 7. The van der Waals surface area contributed by atoms with Crippen LogP contribution in [0.5, 0.6) is 0 Å². The summed E-state index contributed by atoms with van der Waals surface area (Å²) in [7, 11) is 0. The maximum Gasteiger partial charge on any atom is 0.305 e. The molecule has 26 heavy (non-hydrogen) atoms. The molecule has 7 nitrogen and oxygen atoms in total. The smallest absolute Gasteiger partial charge is 0.305 e. The van der Waals surface area contributed by atoms with Crippen LogP contribution < -0.4 is 4.90 Å². The van der Waals surface area contributed by atoms with E-state index >= 15 is 0 Å². The summed E-state index contributed by atoms with van der Waals surface area (Å²) in [6, 6.07) is 7.50. The van der Waals surface area contributed by atoms with Crippen LogP contribution in [-0.4, -0.2) is 65.9 Å². The van der Waals surface area contributed by atoms with Gasteiger partial charge >= 0.3 is 5.97 Å². The zero-order valence-corrected chi connectivity index (χ0v) is 15.2. The number of para-hydroxylation sites is 1. The Balaban J connectivity index is 1.71. The summed E-state index contributed by atoms with van der Waals surface area (Å²) in [5.74, 6) is -1.02. The van der Waals surface area contributed by atoms with Crippen LogP contribution in [0.4, 0.5) is 5.69 Å². The standard InChI is InChI=1S/C18H22N2O5S/c21-16(19(8-7-18(23)24)10-13-4-3-9-25-13)11-20-14-5-1-2-6-15(14)26-12-17(20)22/h1-2,5-6,13H,3-4,7-12H2,(H,23,24)/t13-/m1/s1. The third-order valence-corrected chi connectivity index (χ3v) is 5.55. The number of carboxylic acids is 1. The van der Waals surface area contributed by atoms with Gasteiger partial charge in [0.25, 0.3) is 0 Å². The van der Waals surface area contributed by atoms with Crippen LogP contribution in [0.25, 0.3) is 0 Å². The lowest BCUT2D eigenvalue weighted by Gasteiger charge is -2.31. The molecule has 1 saturated heterocycles. The van der Waals surface area contributed by atoms with Crippen molar-refractivity contribution in [3.63, 3.8) is 0 Å². The van der Waals surface area contributed by atoms with Crippen molar-refractivity contribution in [2.75, 3.05) is 36.9 Å². The molecule has 1 N–H and O–H groups in total. The second-order valence-electron chi connectivity index (χ2n) is 6.35. The molecule has 0 saturated carbocycles. The third kappa shape index (κ3) is 4.56. The molecule has 2 heterocycles. The minimum Gasteiger partial charge on any atom is -0.481 e. The van der Waals surface area contributed by atoms with E-state index in [-0.39, 0.29) is 37.4 Å². The highest BCUT2D eigenvalue weighted by Gasteiger charge is 2.29. The summed E-state index contributed by atoms with van der Waals surface area (Å²) < 4.78 is 5.58. The first kappa shape index (κ1) is 18.7. The number of aliphatic carboxylic acids is 1. The van der Waals surface area contributed by atoms with Gasteiger partial charge < -0.3 is 19.6 Å². The van der Waals surface area contributed by atoms with Gasteiger partial charge in [-0.05, 0) is 25.0 Å². The van der Waals surface area contributed by atoms with E-state index in [0.717, 1.165) is 23.4 Å². The van der Waals surface area contributed by atoms with Crippen LogP contribution in [0, 0.1) is 0 Å². The predicted molar refractivity (Wildman–Crippen MR) is 97.3 cm³/mol. The number of carbonyl (C=O) groups is 3. The first-order valence-electron chi connectivity index (χ1n) is 8.68. The Morgan fingerprint density at radius 1 is 1.35 bits per heavy atom. The Labute approximate surface area is 156 Å². The van der Waals surface area contributed by atoms with Crippen molar-refractivity contribution in [2.45, 2.75) is 30.3 Å². The van der Waals surface area contributed by atoms with Crippen molar-refractivity contribution in [3.05, 3.63) is 24.3 Å². The molecule has 2 aliphatic rings. The first-order chi connectivity index (χ1) is 12.5. The van der Waals surface area contributed by atoms with E-state index in [0.29, 0.717) is 18.9 Å². The molecule has 0 aliphatic carbocycles. The van der Waals surface area contributed by atoms with E-state index in [1.807, 2.05) is 24.3 Å². The Kier molecular flexibility index (Phi) is 6.16. The van der Waals surface area contributed by atoms with Gasteiger partial charge in [-0.25, -0.2) is 0 Å². The van der Waals surface area contributed by atoms with E-state index in [4.69, 9.17) is 9.84 Å². The fraction of sp³-hybridized carbons (Fsp3) is 0.500. The molecule has 3 rings (SSSR count). The summed E-state index contributed by atoms with van der Waals surface area (Å²) in [6.07, 6.45) is 1.62. The quantitative estimate of drug-likeness (QED) is 0.776. The predicted octanol–water partition coefficient (Wildman–Crippen LogP) is 1.61. The Morgan fingerprint density at radius 3 is 2.88 bits per heavy atom. The molecule has 1 aromatic carbocycles. The minimum atomic E-state index is -0.953. The summed E-state index contributed by atoms with van der Waals surface area (Å²) in [5.41, 5.74) is 0.734. The van der Waals surface area contributed by atoms with E-state index in [9.17, 15) is 14.4 Å². The molecule has 2 aliphatic heterocycles. The molecule has 1 fully saturated rings. The maximum absolute atomic E-state index is 12.8. The van der Waals surface area contributed by atoms with Crippen LogP contribution in [0.1, 0.15) is 19.3 Å². The summed E-state index contributed by atoms with van der Waals surface area (Å²) in [4.78, 5) is 40.1. The van der Waals surface area contributed by atoms with Crippen LogP contribution in [0.15, 0.2) is 29.2 Å². The van der Waals surface area contributed by atoms with Crippen molar-refractivity contribution in [3.8, 4) is 0 Å². The second kappa shape index (κ2) is 8.55. The first-order valence-corrected chi connectivity index (χ1v) is 9.66. The average Bonchev–Trinajstić information content (AvgIpc) is 3.14. The molecule has 2 amide bonds. The van der Waals surface area contributed by atoms with Crippen molar-refractivity contribution in [2.24, 2.45) is 0 Å². The number of amides is 2. The van der Waals surface area contributed by atoms with E-state index < -0.39 is 5.97 Å². The molecule has 1 atom stereocenters. The highest BCUT2D eigenvalue weighted by Crippen LogP contribution is 2.34. The van der Waals surface area contributed by atoms with Crippen LogP contribution in [0.3, 0.4) is 0 Å². The number of carboxylic acid groups (broad SMARTS) is 1. The van der Waals surface area contributed by atoms with Gasteiger partial charge in [-0.15, -0.1) is 11.8 Å². The third-order valence-electron chi connectivity index (χ3n) is 4.50. The van der Waals surface area contributed by atoms with Crippen molar-refractivity contribution in [1.82, 2.24) is 4.90 Å². The van der Waals surface area contributed by atoms with Gasteiger partial charge in [0.15, 0.2) is 0 Å². The van der Waals surface area contributed by atoms with Gasteiger partial charge in [-0.1, -0.05) is 12.1 Å². The number of benzene rings is 1. The van der Waals surface area contributed by atoms with Gasteiger partial charge in [0.05, 0.1) is 24.0 Å². The SMILES string of the molecule is O=C(O)CCN(C[C@H]1CCCO1)C(=O)CN1C(=O)CSc2ccccc21. The van der Waals surface area contributed by atoms with Crippen LogP contribution in [0.2, 0.25) is 0 Å². The van der Waals surface area contributed by atoms with E-state index in [2.05, 4.69) is 0 Å². The molecule has 1 aromatic rings. The number of ether oxygens (including phenoxy) is 1. The van der Waals surface area contributed by atoms with Gasteiger partial charge in [0, 0.05) is 24.6 Å². The van der Waals surface area contributed by atoms with Crippen molar-refractivity contribution in [1.29, 1.82) is 0 Å². The van der Waals surface area contributed by atoms with E-state index in [1.54, 1.807) is 0 Å². The van der Waals surface area contributed by atoms with Gasteiger partial charge in [-0.2, -0.15) is 0 Å². The number of hydrogen-bond donors (Lipinski definition) is 1. The summed E-state index contributed by atoms with van der Waals surface area (Å²) in [5, 5.41) is 8.96. The molecule has 0 radical (unpaired) electrons. The van der Waals surface area contributed by atoms with Crippen molar-refractivity contribution >= 4 is 35.2 Å². The minimum absolute atomic E-state index is 0.0624. The van der Waals surface area contributed by atoms with E-state index in [1.165, 1.54) is 21.6 Å². The fourth-order valence-corrected chi connectivity index (χ4v) is 4.08. The molecule has 0 spiro atoms. The number of hydrogen-bond acceptors (Lipinski definition) is 5. The summed E-state index contributed by atoms with van der Waals surface area (Å²) >= 11 is 1.46. The lowest BCUT2D eigenvalue weighted by Crippen LogP contribution is -2.47. The molecule has 0 aromatic heterocycles. The second-order valence-corrected chi connectivity index (χ2v) is 7.37. The average molecular weight is 378 g/mol. The Hall–Kier alpha value is -2.06. The lowest BCUT2D eigenvalue weighted by atomic mass is 10.2. The van der Waals surface area contributed by atoms with Crippen molar-refractivity contribution < 1.29 is 24.2 Å². The molecule has 0 unspecified atom stereocenters. The number of fused-ring (bicyclic) bond motifs is 1. The van der Waals surface area contributed by atoms with Crippen LogP contribution in [-0.2, 0) is 19.1 Å². The fourth-order valence-electron chi connectivity index (χ4n) is 3.15. The Bertz CT molecular complexity index is 690. The zero-order valence-electron chi connectivity index (χ0n) is 14.4. The lowest BCUT2D eigenvalue weighted by molar-refractivity contribution is -0.139. The zero-order chi connectivity index (χ0) is 18.5. The Morgan fingerprint density at radius 2 is 2.15 bits per heavy atom. The maximum atomic E-state index is 12.8. The highest BCUT2D eigenvalue weighted by molar-refractivity contribution is 8.00. The van der Waals surface area contributed by atoms with Crippen LogP contribution >= 0.6 is 11.8 Å². The number of anilines is 1. The summed E-state index contributed by atoms with van der Waals surface area (Å²) in [6.45, 7) is 1.07. The normalized spacial score (nSPS) is 19.3. The number of nitrogens with zero attached hydrogens (tertiary/aromatic N) is 2. The largest absolute Gasteiger partial charge is 0.481 e. The monoisotopic (exact) mass is 378 g/mol. The molecule has 140 valence electrons. The number of carbonyl (C=O) groups excluding carboxylic acids is 2. The molecular formula is C18H22N2O5S. The number of thioether (sulfide) groups is 1. The topological polar surface area (TPSA) is 87.2 Å². The molecule has 8 heteroatoms. The molecule has 0 bridgehead atoms.